The molecule has 0 heterocycles. The van der Waals surface area contributed by atoms with Gasteiger partial charge in [0.05, 0.1) is 26.4 Å². The molecule has 0 radical (unpaired) electrons. The fourth-order valence-corrected chi connectivity index (χ4v) is 12.8. The van der Waals surface area contributed by atoms with Crippen molar-refractivity contribution in [2.45, 2.75) is 400 Å². The third kappa shape index (κ3) is 66.7. The minimum Gasteiger partial charge on any atom is -0.462 e. The Morgan fingerprint density at radius 2 is 0.500 bits per heavy atom. The third-order valence-electron chi connectivity index (χ3n) is 17.0. The number of hydrogen-bond donors (Lipinski definition) is 3. The number of esters is 4. The van der Waals surface area contributed by atoms with Crippen LogP contribution >= 0.6 is 15.6 Å². The van der Waals surface area contributed by atoms with Crippen molar-refractivity contribution >= 4 is 39.5 Å². The number of aliphatic hydroxyl groups is 1. The maximum Gasteiger partial charge on any atom is 0.472 e. The molecule has 0 spiro atoms. The minimum atomic E-state index is -4.95. The summed E-state index contributed by atoms with van der Waals surface area (Å²) in [6, 6.07) is 0. The number of phosphoric acid groups is 2. The first-order chi connectivity index (χ1) is 44.5. The van der Waals surface area contributed by atoms with Crippen molar-refractivity contribution in [3.8, 4) is 0 Å². The lowest BCUT2D eigenvalue weighted by Crippen LogP contribution is -2.30. The lowest BCUT2D eigenvalue weighted by molar-refractivity contribution is -0.161. The smallest absolute Gasteiger partial charge is 0.462 e. The van der Waals surface area contributed by atoms with Crippen LogP contribution in [-0.4, -0.2) is 96.7 Å². The van der Waals surface area contributed by atoms with E-state index in [-0.39, 0.29) is 25.7 Å². The van der Waals surface area contributed by atoms with Gasteiger partial charge in [-0.1, -0.05) is 330 Å². The van der Waals surface area contributed by atoms with Crippen LogP contribution in [0.2, 0.25) is 0 Å². The molecule has 0 aliphatic heterocycles. The Bertz CT molecular complexity index is 1770. The molecule has 19 heteroatoms. The van der Waals surface area contributed by atoms with Gasteiger partial charge in [0, 0.05) is 25.7 Å². The SMILES string of the molecule is CCCCCCCCCCCCCCCCCCCCCC(=O)O[C@H](COC(=O)CCCCCCCCCCCCCCCCC)COP(=O)(O)OC[C@@H](O)COP(=O)(O)OC[C@@H](COC(=O)CCCCCCCCC)OC(=O)CCCCCCCCCCC(C)C. The second kappa shape index (κ2) is 66.3. The Morgan fingerprint density at radius 1 is 0.293 bits per heavy atom. The molecule has 0 fully saturated rings. The van der Waals surface area contributed by atoms with E-state index in [0.29, 0.717) is 25.7 Å². The molecule has 2 unspecified atom stereocenters. The van der Waals surface area contributed by atoms with E-state index in [1.807, 2.05) is 0 Å². The normalized spacial score (nSPS) is 14.0. The molecule has 17 nitrogen and oxygen atoms in total. The van der Waals surface area contributed by atoms with Gasteiger partial charge in [-0.05, 0) is 31.6 Å². The lowest BCUT2D eigenvalue weighted by atomic mass is 10.0. The largest absolute Gasteiger partial charge is 0.472 e. The number of aliphatic hydroxyl groups excluding tert-OH is 1. The van der Waals surface area contributed by atoms with E-state index < -0.39 is 97.5 Å². The highest BCUT2D eigenvalue weighted by molar-refractivity contribution is 7.47. The van der Waals surface area contributed by atoms with Crippen LogP contribution in [0.4, 0.5) is 0 Å². The fourth-order valence-electron chi connectivity index (χ4n) is 11.2. The Balaban J connectivity index is 5.18. The monoisotopic (exact) mass is 1350 g/mol. The quantitative estimate of drug-likeness (QED) is 0.0222. The number of carbonyl (C=O) groups is 4. The summed E-state index contributed by atoms with van der Waals surface area (Å²) in [6.07, 6.45) is 54.3. The van der Waals surface area contributed by atoms with Crippen LogP contribution in [0.1, 0.15) is 381 Å². The van der Waals surface area contributed by atoms with E-state index in [9.17, 15) is 43.2 Å². The molecule has 0 aromatic heterocycles. The molecule has 0 saturated carbocycles. The molecular weight excluding hydrogens is 1210 g/mol. The molecule has 3 N–H and O–H groups in total. The average Bonchev–Trinajstić information content (AvgIpc) is 1.90. The van der Waals surface area contributed by atoms with Crippen LogP contribution in [0, 0.1) is 5.92 Å². The first kappa shape index (κ1) is 90.1. The topological polar surface area (TPSA) is 237 Å². The van der Waals surface area contributed by atoms with Crippen LogP contribution in [0.15, 0.2) is 0 Å². The van der Waals surface area contributed by atoms with Gasteiger partial charge in [-0.15, -0.1) is 0 Å². The van der Waals surface area contributed by atoms with Gasteiger partial charge in [-0.25, -0.2) is 9.13 Å². The number of ether oxygens (including phenoxy) is 4. The van der Waals surface area contributed by atoms with Gasteiger partial charge in [0.15, 0.2) is 12.2 Å². The number of hydrogen-bond acceptors (Lipinski definition) is 15. The van der Waals surface area contributed by atoms with Gasteiger partial charge < -0.3 is 33.8 Å². The van der Waals surface area contributed by atoms with E-state index >= 15 is 0 Å². The van der Waals surface area contributed by atoms with E-state index in [1.54, 1.807) is 0 Å². The molecule has 92 heavy (non-hydrogen) atoms. The summed E-state index contributed by atoms with van der Waals surface area (Å²) < 4.78 is 68.3. The van der Waals surface area contributed by atoms with Crippen LogP contribution in [-0.2, 0) is 65.4 Å². The third-order valence-corrected chi connectivity index (χ3v) is 18.9. The molecule has 0 aromatic rings. The van der Waals surface area contributed by atoms with Gasteiger partial charge in [0.2, 0.25) is 0 Å². The summed E-state index contributed by atoms with van der Waals surface area (Å²) in [6.45, 7) is 7.19. The molecule has 0 aliphatic rings. The van der Waals surface area contributed by atoms with Gasteiger partial charge in [-0.2, -0.15) is 0 Å². The van der Waals surface area contributed by atoms with Crippen LogP contribution < -0.4 is 0 Å². The highest BCUT2D eigenvalue weighted by Gasteiger charge is 2.30. The van der Waals surface area contributed by atoms with Crippen molar-refractivity contribution in [3.05, 3.63) is 0 Å². The highest BCUT2D eigenvalue weighted by atomic mass is 31.2. The summed E-state index contributed by atoms with van der Waals surface area (Å²) in [5, 5.41) is 10.6. The van der Waals surface area contributed by atoms with Crippen LogP contribution in [0.25, 0.3) is 0 Å². The second-order valence-electron chi connectivity index (χ2n) is 26.8. The molecule has 5 atom stereocenters. The molecule has 0 aromatic carbocycles. The molecular formula is C73H142O17P2. The van der Waals surface area contributed by atoms with Crippen LogP contribution in [0.3, 0.4) is 0 Å². The van der Waals surface area contributed by atoms with Crippen molar-refractivity contribution in [2.75, 3.05) is 39.6 Å². The first-order valence-corrected chi connectivity index (χ1v) is 41.1. The van der Waals surface area contributed by atoms with Gasteiger partial charge >= 0.3 is 39.5 Å². The van der Waals surface area contributed by atoms with Crippen molar-refractivity contribution < 1.29 is 80.2 Å². The van der Waals surface area contributed by atoms with E-state index in [4.69, 9.17) is 37.0 Å². The predicted molar refractivity (Wildman–Crippen MR) is 372 cm³/mol. The second-order valence-corrected chi connectivity index (χ2v) is 29.7. The van der Waals surface area contributed by atoms with E-state index in [0.717, 1.165) is 109 Å². The fraction of sp³-hybridized carbons (Fsp3) is 0.945. The summed E-state index contributed by atoms with van der Waals surface area (Å²) in [5.74, 6) is -1.41. The van der Waals surface area contributed by atoms with Gasteiger partial charge in [0.25, 0.3) is 0 Å². The predicted octanol–water partition coefficient (Wildman–Crippen LogP) is 21.3. The minimum absolute atomic E-state index is 0.104. The summed E-state index contributed by atoms with van der Waals surface area (Å²) in [7, 11) is -9.90. The highest BCUT2D eigenvalue weighted by Crippen LogP contribution is 2.45. The lowest BCUT2D eigenvalue weighted by Gasteiger charge is -2.21. The summed E-state index contributed by atoms with van der Waals surface area (Å²) in [5.41, 5.74) is 0. The van der Waals surface area contributed by atoms with Crippen molar-refractivity contribution in [2.24, 2.45) is 5.92 Å². The summed E-state index contributed by atoms with van der Waals surface area (Å²) in [4.78, 5) is 72.5. The number of unbranched alkanes of at least 4 members (excludes halogenated alkanes) is 45. The average molecular weight is 1350 g/mol. The first-order valence-electron chi connectivity index (χ1n) is 38.1. The van der Waals surface area contributed by atoms with Crippen molar-refractivity contribution in [3.63, 3.8) is 0 Å². The van der Waals surface area contributed by atoms with Crippen molar-refractivity contribution in [1.82, 2.24) is 0 Å². The number of rotatable bonds is 73. The van der Waals surface area contributed by atoms with Crippen LogP contribution in [0.5, 0.6) is 0 Å². The Hall–Kier alpha value is -1.94. The van der Waals surface area contributed by atoms with E-state index in [1.165, 1.54) is 193 Å². The maximum absolute atomic E-state index is 13.1. The zero-order valence-electron chi connectivity index (χ0n) is 59.7. The standard InChI is InChI=1S/C73H142O17P2/c1-6-9-12-15-18-20-22-24-26-27-28-29-31-33-35-37-43-48-53-58-72(77)89-69(63-84-71(76)57-52-47-42-36-34-32-30-25-23-21-19-16-13-10-7-2)65-88-92(81,82)86-61-67(74)60-85-91(79,80)87-64-68(62-83-70(75)56-51-46-40-17-14-11-8-3)90-73(78)59-54-49-44-39-38-41-45-50-55-66(4)5/h66-69,74H,6-65H2,1-5H3,(H,79,80)(H,81,82)/t67-,68+,69+/m0/s1. The Labute approximate surface area is 562 Å². The molecule has 0 saturated heterocycles. The zero-order chi connectivity index (χ0) is 67.7. The van der Waals surface area contributed by atoms with Gasteiger partial charge in [-0.3, -0.25) is 37.3 Å². The molecule has 546 valence electrons. The maximum atomic E-state index is 13.1. The number of phosphoric ester groups is 2. The molecule has 0 rings (SSSR count). The zero-order valence-corrected chi connectivity index (χ0v) is 61.5. The number of carbonyl (C=O) groups excluding carboxylic acids is 4. The van der Waals surface area contributed by atoms with Crippen molar-refractivity contribution in [1.29, 1.82) is 0 Å². The molecule has 0 aliphatic carbocycles. The summed E-state index contributed by atoms with van der Waals surface area (Å²) >= 11 is 0. The van der Waals surface area contributed by atoms with E-state index in [2.05, 4.69) is 34.6 Å². The molecule has 0 amide bonds. The van der Waals surface area contributed by atoms with Gasteiger partial charge in [0.1, 0.15) is 19.3 Å². The Kier molecular flexibility index (Phi) is 64.9. The Morgan fingerprint density at radius 3 is 0.739 bits per heavy atom. The molecule has 0 bridgehead atoms.